The van der Waals surface area contributed by atoms with Gasteiger partial charge in [0.1, 0.15) is 0 Å². The van der Waals surface area contributed by atoms with E-state index in [1.807, 2.05) is 6.07 Å². The van der Waals surface area contributed by atoms with Crippen LogP contribution in [0.25, 0.3) is 0 Å². The van der Waals surface area contributed by atoms with E-state index in [2.05, 4.69) is 10.2 Å². The zero-order valence-electron chi connectivity index (χ0n) is 13.0. The number of aliphatic hydroxyl groups is 1. The highest BCUT2D eigenvalue weighted by atomic mass is 35.5. The van der Waals surface area contributed by atoms with E-state index in [1.54, 1.807) is 12.1 Å². The van der Waals surface area contributed by atoms with Crippen molar-refractivity contribution in [1.29, 1.82) is 0 Å². The Bertz CT molecular complexity index is 576. The summed E-state index contributed by atoms with van der Waals surface area (Å²) in [5.41, 5.74) is 0.983. The van der Waals surface area contributed by atoms with Crippen LogP contribution in [0.3, 0.4) is 0 Å². The van der Waals surface area contributed by atoms with Gasteiger partial charge < -0.3 is 15.3 Å². The van der Waals surface area contributed by atoms with Gasteiger partial charge in [0.2, 0.25) is 5.91 Å². The molecule has 0 unspecified atom stereocenters. The molecule has 0 radical (unpaired) electrons. The molecule has 1 amide bonds. The van der Waals surface area contributed by atoms with Crippen LogP contribution in [0.15, 0.2) is 18.2 Å². The molecule has 1 aromatic rings. The summed E-state index contributed by atoms with van der Waals surface area (Å²) in [6, 6.07) is 5.23. The lowest BCUT2D eigenvalue weighted by molar-refractivity contribution is -0.123. The molecule has 23 heavy (non-hydrogen) atoms. The number of amides is 1. The number of carbonyl (C=O) groups excluding carboxylic acids is 1. The van der Waals surface area contributed by atoms with Crippen LogP contribution in [0.2, 0.25) is 10.0 Å². The number of nitrogens with zero attached hydrogens (tertiary/aromatic N) is 1. The lowest BCUT2D eigenvalue weighted by atomic mass is 10.1. The molecule has 3 atom stereocenters. The molecule has 6 heteroatoms. The average molecular weight is 357 g/mol. The summed E-state index contributed by atoms with van der Waals surface area (Å²) >= 11 is 12.1. The maximum Gasteiger partial charge on any atom is 0.224 e. The summed E-state index contributed by atoms with van der Waals surface area (Å²) < 4.78 is 0. The number of nitrogens with one attached hydrogen (secondary N) is 1. The van der Waals surface area contributed by atoms with Crippen LogP contribution in [0.5, 0.6) is 0 Å². The molecular weight excluding hydrogens is 335 g/mol. The van der Waals surface area contributed by atoms with Crippen molar-refractivity contribution < 1.29 is 9.90 Å². The van der Waals surface area contributed by atoms with Crippen LogP contribution in [0, 0.1) is 5.92 Å². The number of hydrogen-bond donors (Lipinski definition) is 2. The van der Waals surface area contributed by atoms with E-state index >= 15 is 0 Å². The Hall–Kier alpha value is -0.810. The van der Waals surface area contributed by atoms with Crippen molar-refractivity contribution in [2.75, 3.05) is 26.2 Å². The predicted octanol–water partition coefficient (Wildman–Crippen LogP) is 2.67. The molecule has 2 aliphatic rings. The standard InChI is InChI=1S/C17H22Cl2N2O2/c18-11-3-4-13(16(19)7-11)14-8-15(14)17(23)20-12(10-22)9-21-5-1-2-6-21/h3-4,7,12,14-15,22H,1-2,5-6,8-10H2,(H,20,23)/t12-,14-,15-/m0/s1. The van der Waals surface area contributed by atoms with Gasteiger partial charge >= 0.3 is 0 Å². The maximum absolute atomic E-state index is 12.4. The van der Waals surface area contributed by atoms with E-state index in [1.165, 1.54) is 12.8 Å². The minimum Gasteiger partial charge on any atom is -0.394 e. The van der Waals surface area contributed by atoms with Crippen molar-refractivity contribution in [3.05, 3.63) is 33.8 Å². The molecule has 2 fully saturated rings. The summed E-state index contributed by atoms with van der Waals surface area (Å²) in [6.07, 6.45) is 3.20. The van der Waals surface area contributed by atoms with Gasteiger partial charge in [-0.05, 0) is 56.0 Å². The highest BCUT2D eigenvalue weighted by Crippen LogP contribution is 2.50. The molecule has 0 spiro atoms. The second-order valence-corrected chi connectivity index (χ2v) is 7.35. The minimum absolute atomic E-state index is 0.0132. The Morgan fingerprint density at radius 1 is 1.35 bits per heavy atom. The summed E-state index contributed by atoms with van der Waals surface area (Å²) in [5, 5.41) is 13.7. The van der Waals surface area contributed by atoms with Crippen molar-refractivity contribution in [1.82, 2.24) is 10.2 Å². The Morgan fingerprint density at radius 2 is 2.09 bits per heavy atom. The van der Waals surface area contributed by atoms with Crippen LogP contribution in [-0.4, -0.2) is 48.2 Å². The van der Waals surface area contributed by atoms with Crippen molar-refractivity contribution in [2.45, 2.75) is 31.2 Å². The first-order valence-electron chi connectivity index (χ1n) is 8.17. The molecule has 1 aromatic carbocycles. The Morgan fingerprint density at radius 3 is 2.74 bits per heavy atom. The summed E-state index contributed by atoms with van der Waals surface area (Å²) in [7, 11) is 0. The second-order valence-electron chi connectivity index (χ2n) is 6.51. The molecule has 0 aromatic heterocycles. The lowest BCUT2D eigenvalue weighted by Gasteiger charge is -2.23. The zero-order chi connectivity index (χ0) is 16.4. The van der Waals surface area contributed by atoms with E-state index in [-0.39, 0.29) is 30.4 Å². The molecule has 1 aliphatic carbocycles. The smallest absolute Gasteiger partial charge is 0.224 e. The first-order chi connectivity index (χ1) is 11.1. The van der Waals surface area contributed by atoms with Crippen molar-refractivity contribution in [2.24, 2.45) is 5.92 Å². The number of likely N-dealkylation sites (tertiary alicyclic amines) is 1. The average Bonchev–Trinajstić information content (AvgIpc) is 3.14. The number of benzene rings is 1. The Balaban J connectivity index is 1.54. The van der Waals surface area contributed by atoms with Crippen LogP contribution in [0.1, 0.15) is 30.7 Å². The molecule has 0 bridgehead atoms. The first-order valence-corrected chi connectivity index (χ1v) is 8.92. The minimum atomic E-state index is -0.192. The van der Waals surface area contributed by atoms with Gasteiger partial charge in [-0.15, -0.1) is 0 Å². The highest BCUT2D eigenvalue weighted by molar-refractivity contribution is 6.35. The number of aliphatic hydroxyl groups excluding tert-OH is 1. The van der Waals surface area contributed by atoms with E-state index in [0.717, 1.165) is 31.6 Å². The normalized spacial score (nSPS) is 25.3. The van der Waals surface area contributed by atoms with E-state index in [0.29, 0.717) is 10.0 Å². The predicted molar refractivity (Wildman–Crippen MR) is 92.0 cm³/mol. The van der Waals surface area contributed by atoms with Gasteiger partial charge in [0.25, 0.3) is 0 Å². The third-order valence-corrected chi connectivity index (χ3v) is 5.30. The summed E-state index contributed by atoms with van der Waals surface area (Å²) in [6.45, 7) is 2.81. The first kappa shape index (κ1) is 17.0. The summed E-state index contributed by atoms with van der Waals surface area (Å²) in [5.74, 6) is 0.117. The van der Waals surface area contributed by atoms with E-state index in [9.17, 15) is 9.90 Å². The third-order valence-electron chi connectivity index (χ3n) is 4.73. The summed E-state index contributed by atoms with van der Waals surface area (Å²) in [4.78, 5) is 14.7. The second kappa shape index (κ2) is 7.39. The molecule has 1 heterocycles. The zero-order valence-corrected chi connectivity index (χ0v) is 14.5. The topological polar surface area (TPSA) is 52.6 Å². The van der Waals surface area contributed by atoms with Gasteiger partial charge in [-0.3, -0.25) is 4.79 Å². The molecule has 1 saturated carbocycles. The van der Waals surface area contributed by atoms with Gasteiger partial charge in [0.15, 0.2) is 0 Å². The van der Waals surface area contributed by atoms with E-state index in [4.69, 9.17) is 23.2 Å². The van der Waals surface area contributed by atoms with Crippen molar-refractivity contribution in [3.8, 4) is 0 Å². The molecule has 4 nitrogen and oxygen atoms in total. The fourth-order valence-corrected chi connectivity index (χ4v) is 3.91. The molecule has 1 aliphatic heterocycles. The van der Waals surface area contributed by atoms with Gasteiger partial charge in [0.05, 0.1) is 12.6 Å². The molecule has 2 N–H and O–H groups in total. The van der Waals surface area contributed by atoms with Crippen LogP contribution in [-0.2, 0) is 4.79 Å². The monoisotopic (exact) mass is 356 g/mol. The van der Waals surface area contributed by atoms with Crippen molar-refractivity contribution in [3.63, 3.8) is 0 Å². The lowest BCUT2D eigenvalue weighted by Crippen LogP contribution is -2.46. The number of rotatable bonds is 6. The highest BCUT2D eigenvalue weighted by Gasteiger charge is 2.45. The fraction of sp³-hybridized carbons (Fsp3) is 0.588. The Kier molecular flexibility index (Phi) is 5.47. The maximum atomic E-state index is 12.4. The van der Waals surface area contributed by atoms with Gasteiger partial charge in [-0.2, -0.15) is 0 Å². The van der Waals surface area contributed by atoms with Crippen LogP contribution >= 0.6 is 23.2 Å². The van der Waals surface area contributed by atoms with Crippen LogP contribution < -0.4 is 5.32 Å². The van der Waals surface area contributed by atoms with Crippen LogP contribution in [0.4, 0.5) is 0 Å². The number of hydrogen-bond acceptors (Lipinski definition) is 3. The number of halogens is 2. The SMILES string of the molecule is O=C(N[C@H](CO)CN1CCCC1)[C@H]1C[C@H]1c1ccc(Cl)cc1Cl. The van der Waals surface area contributed by atoms with Gasteiger partial charge in [-0.1, -0.05) is 29.3 Å². The molecular formula is C17H22Cl2N2O2. The fourth-order valence-electron chi connectivity index (χ4n) is 3.36. The van der Waals surface area contributed by atoms with Gasteiger partial charge in [-0.25, -0.2) is 0 Å². The number of carbonyl (C=O) groups is 1. The molecule has 126 valence electrons. The van der Waals surface area contributed by atoms with Crippen molar-refractivity contribution >= 4 is 29.1 Å². The quantitative estimate of drug-likeness (QED) is 0.823. The molecule has 1 saturated heterocycles. The molecule has 3 rings (SSSR count). The Labute approximate surface area is 146 Å². The largest absolute Gasteiger partial charge is 0.394 e. The van der Waals surface area contributed by atoms with Gasteiger partial charge in [0, 0.05) is 22.5 Å². The third kappa shape index (κ3) is 4.18. The van der Waals surface area contributed by atoms with E-state index < -0.39 is 0 Å².